The van der Waals surface area contributed by atoms with E-state index in [2.05, 4.69) is 40.0 Å². The number of benzene rings is 1. The van der Waals surface area contributed by atoms with Crippen LogP contribution >= 0.6 is 0 Å². The summed E-state index contributed by atoms with van der Waals surface area (Å²) in [6.45, 7) is 4.45. The Balaban J connectivity index is 1.53. The van der Waals surface area contributed by atoms with Gasteiger partial charge in [0.15, 0.2) is 0 Å². The van der Waals surface area contributed by atoms with Crippen LogP contribution in [0.4, 0.5) is 0 Å². The second kappa shape index (κ2) is 9.12. The predicted molar refractivity (Wildman–Crippen MR) is 104 cm³/mol. The Bertz CT molecular complexity index is 712. The zero-order valence-electron chi connectivity index (χ0n) is 15.6. The summed E-state index contributed by atoms with van der Waals surface area (Å²) in [5, 5.41) is 13.9. The van der Waals surface area contributed by atoms with Crippen molar-refractivity contribution in [1.82, 2.24) is 14.9 Å². The minimum atomic E-state index is -0.280. The van der Waals surface area contributed by atoms with E-state index in [1.165, 1.54) is 16.7 Å². The van der Waals surface area contributed by atoms with E-state index in [1.807, 2.05) is 24.7 Å². The van der Waals surface area contributed by atoms with Crippen LogP contribution in [-0.2, 0) is 17.9 Å². The molecule has 0 aliphatic heterocycles. The summed E-state index contributed by atoms with van der Waals surface area (Å²) in [6, 6.07) is 8.45. The number of aromatic nitrogens is 2. The molecule has 2 N–H and O–H groups in total. The van der Waals surface area contributed by atoms with E-state index < -0.39 is 0 Å². The monoisotopic (exact) mass is 355 g/mol. The van der Waals surface area contributed by atoms with Gasteiger partial charge in [-0.2, -0.15) is 0 Å². The number of aliphatic hydroxyl groups excluding tert-OH is 1. The average molecular weight is 355 g/mol. The van der Waals surface area contributed by atoms with Crippen molar-refractivity contribution in [2.75, 3.05) is 13.7 Å². The van der Waals surface area contributed by atoms with Gasteiger partial charge in [-0.3, -0.25) is 0 Å². The maximum absolute atomic E-state index is 10.4. The van der Waals surface area contributed by atoms with Gasteiger partial charge in [0.05, 0.1) is 19.0 Å². The number of aliphatic hydroxyl groups is 1. The highest BCUT2D eigenvalue weighted by molar-refractivity contribution is 5.56. The van der Waals surface area contributed by atoms with Gasteiger partial charge >= 0.3 is 0 Å². The molecule has 1 fully saturated rings. The SMILES string of the molecule is COCc1ccccc1/C=C(\C)CN[C@@H]1CC(Cn2ccnc2)C[C@H]1O. The second-order valence-electron chi connectivity index (χ2n) is 7.27. The maximum Gasteiger partial charge on any atom is 0.0945 e. The fourth-order valence-electron chi connectivity index (χ4n) is 3.75. The summed E-state index contributed by atoms with van der Waals surface area (Å²) in [5.41, 5.74) is 3.63. The average Bonchev–Trinajstić information content (AvgIpc) is 3.25. The molecule has 0 bridgehead atoms. The molecule has 1 aliphatic carbocycles. The Morgan fingerprint density at radius 3 is 3.00 bits per heavy atom. The first-order valence-electron chi connectivity index (χ1n) is 9.27. The number of hydrogen-bond acceptors (Lipinski definition) is 4. The number of nitrogens with zero attached hydrogens (tertiary/aromatic N) is 2. The van der Waals surface area contributed by atoms with Crippen molar-refractivity contribution in [1.29, 1.82) is 0 Å². The lowest BCUT2D eigenvalue weighted by molar-refractivity contribution is 0.147. The summed E-state index contributed by atoms with van der Waals surface area (Å²) < 4.78 is 7.37. The molecule has 26 heavy (non-hydrogen) atoms. The zero-order valence-corrected chi connectivity index (χ0v) is 15.6. The second-order valence-corrected chi connectivity index (χ2v) is 7.27. The van der Waals surface area contributed by atoms with Crippen molar-refractivity contribution < 1.29 is 9.84 Å². The smallest absolute Gasteiger partial charge is 0.0945 e. The van der Waals surface area contributed by atoms with Crippen LogP contribution in [0.2, 0.25) is 0 Å². The molecule has 0 radical (unpaired) electrons. The number of hydrogen-bond donors (Lipinski definition) is 2. The van der Waals surface area contributed by atoms with Gasteiger partial charge in [0, 0.05) is 38.6 Å². The molecular weight excluding hydrogens is 326 g/mol. The van der Waals surface area contributed by atoms with Crippen molar-refractivity contribution >= 4 is 6.08 Å². The van der Waals surface area contributed by atoms with E-state index in [0.29, 0.717) is 12.5 Å². The Hall–Kier alpha value is -1.95. The lowest BCUT2D eigenvalue weighted by atomic mass is 10.1. The lowest BCUT2D eigenvalue weighted by Gasteiger charge is -2.17. The summed E-state index contributed by atoms with van der Waals surface area (Å²) in [7, 11) is 1.72. The van der Waals surface area contributed by atoms with E-state index in [1.54, 1.807) is 13.3 Å². The van der Waals surface area contributed by atoms with Gasteiger partial charge < -0.3 is 19.7 Å². The van der Waals surface area contributed by atoms with E-state index in [4.69, 9.17) is 4.74 Å². The minimum absolute atomic E-state index is 0.154. The van der Waals surface area contributed by atoms with Gasteiger partial charge in [0.1, 0.15) is 0 Å². The molecule has 1 unspecified atom stereocenters. The molecule has 2 aromatic rings. The third kappa shape index (κ3) is 5.04. The largest absolute Gasteiger partial charge is 0.391 e. The van der Waals surface area contributed by atoms with Crippen LogP contribution in [0, 0.1) is 5.92 Å². The molecule has 1 aliphatic rings. The summed E-state index contributed by atoms with van der Waals surface area (Å²) in [4.78, 5) is 4.09. The first-order valence-corrected chi connectivity index (χ1v) is 9.27. The molecule has 3 rings (SSSR count). The van der Waals surface area contributed by atoms with Crippen LogP contribution in [-0.4, -0.2) is 40.5 Å². The number of imidazole rings is 1. The van der Waals surface area contributed by atoms with Crippen LogP contribution in [0.5, 0.6) is 0 Å². The molecule has 3 atom stereocenters. The summed E-state index contributed by atoms with van der Waals surface area (Å²) >= 11 is 0. The van der Waals surface area contributed by atoms with Gasteiger partial charge in [0.2, 0.25) is 0 Å². The zero-order chi connectivity index (χ0) is 18.4. The van der Waals surface area contributed by atoms with Gasteiger partial charge in [-0.1, -0.05) is 35.9 Å². The fourth-order valence-corrected chi connectivity index (χ4v) is 3.75. The highest BCUT2D eigenvalue weighted by Gasteiger charge is 2.32. The molecule has 0 amide bonds. The van der Waals surface area contributed by atoms with Crippen molar-refractivity contribution in [2.24, 2.45) is 5.92 Å². The summed E-state index contributed by atoms with van der Waals surface area (Å²) in [6.07, 6.45) is 9.39. The van der Waals surface area contributed by atoms with Crippen molar-refractivity contribution in [2.45, 2.75) is 45.1 Å². The third-order valence-electron chi connectivity index (χ3n) is 5.05. The lowest BCUT2D eigenvalue weighted by Crippen LogP contribution is -2.36. The van der Waals surface area contributed by atoms with Crippen LogP contribution in [0.25, 0.3) is 6.08 Å². The van der Waals surface area contributed by atoms with E-state index in [-0.39, 0.29) is 12.1 Å². The molecular formula is C21H29N3O2. The molecule has 0 saturated heterocycles. The molecule has 140 valence electrons. The van der Waals surface area contributed by atoms with Crippen molar-refractivity contribution in [3.8, 4) is 0 Å². The van der Waals surface area contributed by atoms with Gasteiger partial charge in [-0.05, 0) is 36.8 Å². The Kier molecular flexibility index (Phi) is 6.61. The first kappa shape index (κ1) is 18.8. The normalized spacial score (nSPS) is 23.5. The van der Waals surface area contributed by atoms with E-state index >= 15 is 0 Å². The Morgan fingerprint density at radius 1 is 1.38 bits per heavy atom. The highest BCUT2D eigenvalue weighted by atomic mass is 16.5. The maximum atomic E-state index is 10.4. The predicted octanol–water partition coefficient (Wildman–Crippen LogP) is 2.86. The van der Waals surface area contributed by atoms with Crippen LogP contribution < -0.4 is 5.32 Å². The minimum Gasteiger partial charge on any atom is -0.391 e. The molecule has 5 nitrogen and oxygen atoms in total. The van der Waals surface area contributed by atoms with Crippen molar-refractivity contribution in [3.05, 3.63) is 59.7 Å². The van der Waals surface area contributed by atoms with Gasteiger partial charge in [-0.15, -0.1) is 0 Å². The molecule has 0 spiro atoms. The molecule has 1 aromatic heterocycles. The van der Waals surface area contributed by atoms with Gasteiger partial charge in [0.25, 0.3) is 0 Å². The standard InChI is InChI=1S/C21H29N3O2/c1-16(9-18-5-3-4-6-19(18)14-26-2)12-23-20-10-17(11-21(20)25)13-24-8-7-22-15-24/h3-9,15,17,20-21,23,25H,10-14H2,1-2H3/b16-9+/t17?,20-,21-/m1/s1. The topological polar surface area (TPSA) is 59.3 Å². The van der Waals surface area contributed by atoms with E-state index in [9.17, 15) is 5.11 Å². The first-order chi connectivity index (χ1) is 12.7. The Labute approximate surface area is 155 Å². The Morgan fingerprint density at radius 2 is 2.23 bits per heavy atom. The molecule has 1 heterocycles. The number of rotatable bonds is 8. The molecule has 1 aromatic carbocycles. The van der Waals surface area contributed by atoms with Crippen LogP contribution in [0.15, 0.2) is 48.6 Å². The van der Waals surface area contributed by atoms with Crippen LogP contribution in [0.3, 0.4) is 0 Å². The van der Waals surface area contributed by atoms with Crippen LogP contribution in [0.1, 0.15) is 30.9 Å². The summed E-state index contributed by atoms with van der Waals surface area (Å²) in [5.74, 6) is 0.489. The molecule has 1 saturated carbocycles. The number of ether oxygens (including phenoxy) is 1. The number of methoxy groups -OCH3 is 1. The third-order valence-corrected chi connectivity index (χ3v) is 5.05. The van der Waals surface area contributed by atoms with Crippen molar-refractivity contribution in [3.63, 3.8) is 0 Å². The highest BCUT2D eigenvalue weighted by Crippen LogP contribution is 2.27. The van der Waals surface area contributed by atoms with E-state index in [0.717, 1.165) is 25.9 Å². The molecule has 5 heteroatoms. The number of nitrogens with one attached hydrogen (secondary N) is 1. The quantitative estimate of drug-likeness (QED) is 0.764. The van der Waals surface area contributed by atoms with Gasteiger partial charge in [-0.25, -0.2) is 4.98 Å². The fraction of sp³-hybridized carbons (Fsp3) is 0.476.